The molecule has 1 saturated carbocycles. The highest BCUT2D eigenvalue weighted by molar-refractivity contribution is 7.91. The quantitative estimate of drug-likeness (QED) is 0.478. The molecule has 0 saturated heterocycles. The van der Waals surface area contributed by atoms with Gasteiger partial charge in [-0.25, -0.2) is 13.1 Å². The molecule has 0 radical (unpaired) electrons. The molecule has 1 unspecified atom stereocenters. The van der Waals surface area contributed by atoms with Crippen molar-refractivity contribution < 1.29 is 23.1 Å². The van der Waals surface area contributed by atoms with Crippen molar-refractivity contribution >= 4 is 27.7 Å². The molecule has 1 amide bonds. The van der Waals surface area contributed by atoms with Crippen LogP contribution in [0.2, 0.25) is 0 Å². The van der Waals surface area contributed by atoms with Crippen molar-refractivity contribution in [1.29, 1.82) is 5.26 Å². The monoisotopic (exact) mass is 484 g/mol. The van der Waals surface area contributed by atoms with Crippen LogP contribution in [0.15, 0.2) is 36.0 Å². The summed E-state index contributed by atoms with van der Waals surface area (Å²) in [7, 11) is -0.579. The molecular weight excluding hydrogens is 460 g/mol. The van der Waals surface area contributed by atoms with E-state index < -0.39 is 26.9 Å². The highest BCUT2D eigenvalue weighted by Gasteiger charge is 2.55. The van der Waals surface area contributed by atoms with Gasteiger partial charge in [0.05, 0.1) is 23.4 Å². The first-order valence-electron chi connectivity index (χ1n) is 10.5. The molecule has 0 spiro atoms. The Morgan fingerprint density at radius 1 is 1.35 bits per heavy atom. The first-order chi connectivity index (χ1) is 16.2. The number of aliphatic hydroxyl groups is 1. The number of amides is 1. The second-order valence-electron chi connectivity index (χ2n) is 8.21. The van der Waals surface area contributed by atoms with Crippen LogP contribution in [0.5, 0.6) is 5.88 Å². The van der Waals surface area contributed by atoms with E-state index in [0.717, 1.165) is 5.56 Å². The van der Waals surface area contributed by atoms with Gasteiger partial charge >= 0.3 is 0 Å². The molecule has 1 aliphatic carbocycles. The third kappa shape index (κ3) is 4.33. The van der Waals surface area contributed by atoms with Gasteiger partial charge < -0.3 is 20.1 Å². The van der Waals surface area contributed by atoms with Crippen LogP contribution in [0, 0.1) is 11.3 Å². The largest absolute Gasteiger partial charge is 0.473 e. The van der Waals surface area contributed by atoms with E-state index in [1.165, 1.54) is 24.2 Å². The third-order valence-corrected chi connectivity index (χ3v) is 8.25. The van der Waals surface area contributed by atoms with Crippen molar-refractivity contribution in [2.75, 3.05) is 25.6 Å². The fourth-order valence-corrected chi connectivity index (χ4v) is 5.00. The Bertz CT molecular complexity index is 1280. The Morgan fingerprint density at radius 2 is 2.06 bits per heavy atom. The van der Waals surface area contributed by atoms with Gasteiger partial charge in [-0.2, -0.15) is 10.4 Å². The number of aliphatic hydroxyl groups excluding tert-OH is 1. The van der Waals surface area contributed by atoms with Crippen LogP contribution in [0.25, 0.3) is 6.08 Å². The normalized spacial score (nSPS) is 18.4. The van der Waals surface area contributed by atoms with Gasteiger partial charge in [-0.15, -0.1) is 5.10 Å². The van der Waals surface area contributed by atoms with E-state index in [0.29, 0.717) is 29.7 Å². The number of anilines is 1. The van der Waals surface area contributed by atoms with Crippen molar-refractivity contribution in [2.45, 2.75) is 30.4 Å². The SMILES string of the molecule is CNS(=O)(=O)C1(COc2nncc3c2N(C)C(O)C(C(=O)NCc2ccc(C#N)cc2)=C3)CC1. The molecule has 11 nitrogen and oxygen atoms in total. The van der Waals surface area contributed by atoms with Crippen LogP contribution in [-0.4, -0.2) is 61.3 Å². The van der Waals surface area contributed by atoms with Gasteiger partial charge in [0, 0.05) is 19.2 Å². The Hall–Kier alpha value is -3.53. The molecule has 1 aliphatic heterocycles. The smallest absolute Gasteiger partial charge is 0.258 e. The summed E-state index contributed by atoms with van der Waals surface area (Å²) < 4.78 is 31.7. The Kier molecular flexibility index (Phi) is 6.26. The average molecular weight is 485 g/mol. The standard InChI is InChI=1S/C22H24N6O5S/c1-24-34(31,32)22(7-8-22)13-33-20-18-16(12-26-27-20)9-17(21(30)28(18)2)19(29)25-11-15-5-3-14(10-23)4-6-15/h3-6,9,12,21,24,30H,7-8,11,13H2,1-2H3,(H,25,29). The number of carbonyl (C=O) groups excluding carboxylic acids is 1. The summed E-state index contributed by atoms with van der Waals surface area (Å²) in [5, 5.41) is 30.3. The van der Waals surface area contributed by atoms with Crippen LogP contribution in [0.4, 0.5) is 5.69 Å². The van der Waals surface area contributed by atoms with Gasteiger partial charge in [-0.1, -0.05) is 12.1 Å². The van der Waals surface area contributed by atoms with Crippen LogP contribution < -0.4 is 19.7 Å². The molecule has 2 aromatic rings. The Morgan fingerprint density at radius 3 is 2.68 bits per heavy atom. The summed E-state index contributed by atoms with van der Waals surface area (Å²) >= 11 is 0. The van der Waals surface area contributed by atoms with Gasteiger partial charge in [0.15, 0.2) is 6.23 Å². The van der Waals surface area contributed by atoms with E-state index >= 15 is 0 Å². The van der Waals surface area contributed by atoms with Gasteiger partial charge in [0.2, 0.25) is 10.0 Å². The summed E-state index contributed by atoms with van der Waals surface area (Å²) in [5.74, 6) is -0.393. The van der Waals surface area contributed by atoms with Crippen LogP contribution in [0.3, 0.4) is 0 Å². The Labute approximate surface area is 197 Å². The number of aromatic nitrogens is 2. The van der Waals surface area contributed by atoms with Crippen molar-refractivity contribution in [1.82, 2.24) is 20.2 Å². The van der Waals surface area contributed by atoms with E-state index in [-0.39, 0.29) is 24.6 Å². The van der Waals surface area contributed by atoms with Crippen LogP contribution in [0.1, 0.15) is 29.5 Å². The molecule has 1 aromatic carbocycles. The summed E-state index contributed by atoms with van der Waals surface area (Å²) in [6.45, 7) is 0.114. The first kappa shape index (κ1) is 23.6. The van der Waals surface area contributed by atoms with E-state index in [4.69, 9.17) is 10.00 Å². The fourth-order valence-electron chi connectivity index (χ4n) is 3.72. The number of fused-ring (bicyclic) bond motifs is 1. The van der Waals surface area contributed by atoms with Crippen LogP contribution >= 0.6 is 0 Å². The zero-order valence-corrected chi connectivity index (χ0v) is 19.5. The second kappa shape index (κ2) is 9.02. The van der Waals surface area contributed by atoms with E-state index in [2.05, 4.69) is 20.2 Å². The molecular formula is C22H24N6O5S. The molecule has 34 heavy (non-hydrogen) atoms. The lowest BCUT2D eigenvalue weighted by Crippen LogP contribution is -2.42. The van der Waals surface area contributed by atoms with Crippen molar-refractivity contribution in [3.8, 4) is 11.9 Å². The molecule has 4 rings (SSSR count). The van der Waals surface area contributed by atoms with Crippen molar-refractivity contribution in [3.63, 3.8) is 0 Å². The predicted octanol–water partition coefficient (Wildman–Crippen LogP) is 0.277. The number of rotatable bonds is 8. The topological polar surface area (TPSA) is 158 Å². The molecule has 0 bridgehead atoms. The predicted molar refractivity (Wildman–Crippen MR) is 123 cm³/mol. The number of hydrogen-bond donors (Lipinski definition) is 3. The average Bonchev–Trinajstić information content (AvgIpc) is 3.65. The summed E-state index contributed by atoms with van der Waals surface area (Å²) in [4.78, 5) is 14.2. The fraction of sp³-hybridized carbons (Fsp3) is 0.364. The highest BCUT2D eigenvalue weighted by Crippen LogP contribution is 2.44. The molecule has 3 N–H and O–H groups in total. The molecule has 1 atom stereocenters. The molecule has 178 valence electrons. The van der Waals surface area contributed by atoms with Crippen molar-refractivity contribution in [3.05, 3.63) is 52.7 Å². The number of ether oxygens (including phenoxy) is 1. The van der Waals surface area contributed by atoms with Gasteiger partial charge in [0.25, 0.3) is 11.8 Å². The number of nitrogens with zero attached hydrogens (tertiary/aromatic N) is 4. The summed E-state index contributed by atoms with van der Waals surface area (Å²) in [6, 6.07) is 8.84. The number of benzene rings is 1. The zero-order chi connectivity index (χ0) is 24.5. The van der Waals surface area contributed by atoms with E-state index in [9.17, 15) is 18.3 Å². The summed E-state index contributed by atoms with van der Waals surface area (Å²) in [6.07, 6.45) is 2.61. The molecule has 1 fully saturated rings. The number of nitriles is 1. The lowest BCUT2D eigenvalue weighted by atomic mass is 10.0. The highest BCUT2D eigenvalue weighted by atomic mass is 32.2. The third-order valence-electron chi connectivity index (χ3n) is 6.05. The molecule has 2 aliphatic rings. The second-order valence-corrected chi connectivity index (χ2v) is 10.5. The van der Waals surface area contributed by atoms with Gasteiger partial charge in [-0.3, -0.25) is 4.79 Å². The lowest BCUT2D eigenvalue weighted by molar-refractivity contribution is -0.118. The Balaban J connectivity index is 1.51. The zero-order valence-electron chi connectivity index (χ0n) is 18.6. The minimum absolute atomic E-state index is 0.0740. The minimum Gasteiger partial charge on any atom is -0.473 e. The van der Waals surface area contributed by atoms with Gasteiger partial charge in [-0.05, 0) is 43.7 Å². The van der Waals surface area contributed by atoms with E-state index in [1.54, 1.807) is 31.3 Å². The molecule has 2 heterocycles. The summed E-state index contributed by atoms with van der Waals surface area (Å²) in [5.41, 5.74) is 2.35. The lowest BCUT2D eigenvalue weighted by Gasteiger charge is -2.33. The number of likely N-dealkylation sites (N-methyl/N-ethyl adjacent to an activating group) is 1. The van der Waals surface area contributed by atoms with Crippen molar-refractivity contribution in [2.24, 2.45) is 0 Å². The van der Waals surface area contributed by atoms with Gasteiger partial charge in [0.1, 0.15) is 17.0 Å². The first-order valence-corrected chi connectivity index (χ1v) is 12.0. The number of nitrogens with one attached hydrogen (secondary N) is 2. The number of hydrogen-bond acceptors (Lipinski definition) is 9. The van der Waals surface area contributed by atoms with E-state index in [1.807, 2.05) is 6.07 Å². The van der Waals surface area contributed by atoms with Crippen LogP contribution in [-0.2, 0) is 21.4 Å². The molecule has 12 heteroatoms. The maximum absolute atomic E-state index is 12.8. The minimum atomic E-state index is -3.52. The maximum Gasteiger partial charge on any atom is 0.258 e. The maximum atomic E-state index is 12.8. The molecule has 1 aromatic heterocycles. The number of carbonyl (C=O) groups is 1. The number of sulfonamides is 1.